The first-order valence-electron chi connectivity index (χ1n) is 7.49. The zero-order valence-corrected chi connectivity index (χ0v) is 13.0. The zero-order valence-electron chi connectivity index (χ0n) is 13.0. The lowest BCUT2D eigenvalue weighted by Gasteiger charge is -2.26. The summed E-state index contributed by atoms with van der Waals surface area (Å²) in [5, 5.41) is 5.93. The maximum absolute atomic E-state index is 4.71. The van der Waals surface area contributed by atoms with E-state index in [1.54, 1.807) is 0 Å². The summed E-state index contributed by atoms with van der Waals surface area (Å²) in [6.45, 7) is 8.42. The van der Waals surface area contributed by atoms with Crippen molar-refractivity contribution in [1.29, 1.82) is 0 Å². The van der Waals surface area contributed by atoms with Crippen LogP contribution in [0.25, 0.3) is 10.8 Å². The van der Waals surface area contributed by atoms with E-state index < -0.39 is 0 Å². The lowest BCUT2D eigenvalue weighted by atomic mass is 10.1. The molecule has 0 aliphatic heterocycles. The molecule has 108 valence electrons. The van der Waals surface area contributed by atoms with Crippen LogP contribution in [0.4, 0.5) is 5.82 Å². The highest BCUT2D eigenvalue weighted by atomic mass is 15.2. The third kappa shape index (κ3) is 2.93. The zero-order chi connectivity index (χ0) is 14.5. The highest BCUT2D eigenvalue weighted by molar-refractivity contribution is 5.94. The summed E-state index contributed by atoms with van der Waals surface area (Å²) in [5.74, 6) is 1.08. The van der Waals surface area contributed by atoms with Crippen LogP contribution in [0, 0.1) is 0 Å². The molecule has 0 radical (unpaired) electrons. The summed E-state index contributed by atoms with van der Waals surface area (Å²) >= 11 is 0. The molecule has 3 heteroatoms. The maximum Gasteiger partial charge on any atom is 0.136 e. The molecule has 1 N–H and O–H groups in total. The molecule has 1 unspecified atom stereocenters. The Morgan fingerprint density at radius 3 is 2.55 bits per heavy atom. The van der Waals surface area contributed by atoms with Crippen LogP contribution in [-0.4, -0.2) is 24.6 Å². The summed E-state index contributed by atoms with van der Waals surface area (Å²) in [6, 6.07) is 9.05. The van der Waals surface area contributed by atoms with E-state index >= 15 is 0 Å². The van der Waals surface area contributed by atoms with Gasteiger partial charge in [0.15, 0.2) is 0 Å². The number of pyridine rings is 1. The molecule has 0 saturated heterocycles. The van der Waals surface area contributed by atoms with Gasteiger partial charge < -0.3 is 10.2 Å². The molecule has 1 atom stereocenters. The lowest BCUT2D eigenvalue weighted by molar-refractivity contribution is 0.658. The first kappa shape index (κ1) is 14.8. The standard InChI is InChI=1S/C17H25N3/c1-5-13(3)20(4)17-16-10-8-7-9-15(16)14(12-19-17)11-18-6-2/h7-10,12-13,18H,5-6,11H2,1-4H3. The number of benzene rings is 1. The fourth-order valence-electron chi connectivity index (χ4n) is 2.40. The van der Waals surface area contributed by atoms with Gasteiger partial charge in [0.1, 0.15) is 5.82 Å². The van der Waals surface area contributed by atoms with E-state index in [2.05, 4.69) is 62.3 Å². The Kier molecular flexibility index (Phi) is 4.96. The maximum atomic E-state index is 4.71. The van der Waals surface area contributed by atoms with E-state index in [9.17, 15) is 0 Å². The van der Waals surface area contributed by atoms with Crippen molar-refractivity contribution in [2.75, 3.05) is 18.5 Å². The molecule has 2 rings (SSSR count). The van der Waals surface area contributed by atoms with Crippen LogP contribution in [0.15, 0.2) is 30.5 Å². The Labute approximate surface area is 122 Å². The van der Waals surface area contributed by atoms with Crippen molar-refractivity contribution in [3.63, 3.8) is 0 Å². The highest BCUT2D eigenvalue weighted by Crippen LogP contribution is 2.27. The van der Waals surface area contributed by atoms with Crippen molar-refractivity contribution < 1.29 is 0 Å². The molecule has 0 aliphatic rings. The molecule has 0 fully saturated rings. The van der Waals surface area contributed by atoms with Gasteiger partial charge in [0, 0.05) is 31.2 Å². The number of anilines is 1. The molecule has 0 aliphatic carbocycles. The predicted molar refractivity (Wildman–Crippen MR) is 87.3 cm³/mol. The molecule has 20 heavy (non-hydrogen) atoms. The smallest absolute Gasteiger partial charge is 0.136 e. The van der Waals surface area contributed by atoms with Crippen molar-refractivity contribution in [2.45, 2.75) is 39.8 Å². The normalized spacial score (nSPS) is 12.6. The Morgan fingerprint density at radius 1 is 1.20 bits per heavy atom. The minimum atomic E-state index is 0.491. The number of rotatable bonds is 6. The molecule has 0 amide bonds. The van der Waals surface area contributed by atoms with Crippen molar-refractivity contribution in [2.24, 2.45) is 0 Å². The van der Waals surface area contributed by atoms with Gasteiger partial charge >= 0.3 is 0 Å². The number of nitrogens with one attached hydrogen (secondary N) is 1. The number of aromatic nitrogens is 1. The third-order valence-electron chi connectivity index (χ3n) is 4.01. The highest BCUT2D eigenvalue weighted by Gasteiger charge is 2.14. The van der Waals surface area contributed by atoms with Crippen LogP contribution in [0.2, 0.25) is 0 Å². The molecule has 2 aromatic rings. The predicted octanol–water partition coefficient (Wildman–Crippen LogP) is 3.58. The minimum absolute atomic E-state index is 0.491. The third-order valence-corrected chi connectivity index (χ3v) is 4.01. The second-order valence-electron chi connectivity index (χ2n) is 5.30. The second kappa shape index (κ2) is 6.71. The monoisotopic (exact) mass is 271 g/mol. The van der Waals surface area contributed by atoms with Crippen LogP contribution in [0.5, 0.6) is 0 Å². The quantitative estimate of drug-likeness (QED) is 0.870. The first-order chi connectivity index (χ1) is 9.69. The molecular formula is C17H25N3. The van der Waals surface area contributed by atoms with Crippen LogP contribution in [0.1, 0.15) is 32.8 Å². The number of nitrogens with zero attached hydrogens (tertiary/aromatic N) is 2. The largest absolute Gasteiger partial charge is 0.356 e. The van der Waals surface area contributed by atoms with Crippen molar-refractivity contribution >= 4 is 16.6 Å². The van der Waals surface area contributed by atoms with Gasteiger partial charge in [-0.15, -0.1) is 0 Å². The summed E-state index contributed by atoms with van der Waals surface area (Å²) in [4.78, 5) is 6.99. The SMILES string of the molecule is CCNCc1cnc(N(C)C(C)CC)c2ccccc12. The van der Waals surface area contributed by atoms with Gasteiger partial charge in [0.05, 0.1) is 0 Å². The number of fused-ring (bicyclic) bond motifs is 1. The summed E-state index contributed by atoms with van der Waals surface area (Å²) in [7, 11) is 2.13. The van der Waals surface area contributed by atoms with Crippen LogP contribution < -0.4 is 10.2 Å². The Bertz CT molecular complexity index is 565. The number of hydrogen-bond donors (Lipinski definition) is 1. The van der Waals surface area contributed by atoms with Crippen molar-refractivity contribution in [1.82, 2.24) is 10.3 Å². The molecule has 1 aromatic heterocycles. The van der Waals surface area contributed by atoms with Crippen molar-refractivity contribution in [3.05, 3.63) is 36.0 Å². The molecule has 1 aromatic carbocycles. The minimum Gasteiger partial charge on any atom is -0.356 e. The Hall–Kier alpha value is -1.61. The van der Waals surface area contributed by atoms with Gasteiger partial charge in [-0.2, -0.15) is 0 Å². The molecule has 0 saturated carbocycles. The van der Waals surface area contributed by atoms with E-state index in [1.165, 1.54) is 16.3 Å². The molecular weight excluding hydrogens is 246 g/mol. The van der Waals surface area contributed by atoms with E-state index in [4.69, 9.17) is 4.98 Å². The fraction of sp³-hybridized carbons (Fsp3) is 0.471. The molecule has 0 bridgehead atoms. The van der Waals surface area contributed by atoms with Gasteiger partial charge in [-0.05, 0) is 30.8 Å². The van der Waals surface area contributed by atoms with Crippen molar-refractivity contribution in [3.8, 4) is 0 Å². The number of hydrogen-bond acceptors (Lipinski definition) is 3. The van der Waals surface area contributed by atoms with Gasteiger partial charge in [-0.25, -0.2) is 4.98 Å². The van der Waals surface area contributed by atoms with Gasteiger partial charge in [0.25, 0.3) is 0 Å². The summed E-state index contributed by atoms with van der Waals surface area (Å²) in [5.41, 5.74) is 1.27. The molecule has 0 spiro atoms. The van der Waals surface area contributed by atoms with Gasteiger partial charge in [-0.1, -0.05) is 38.1 Å². The average Bonchev–Trinajstić information content (AvgIpc) is 2.51. The van der Waals surface area contributed by atoms with Crippen LogP contribution in [0.3, 0.4) is 0 Å². The van der Waals surface area contributed by atoms with E-state index in [0.29, 0.717) is 6.04 Å². The van der Waals surface area contributed by atoms with E-state index in [0.717, 1.165) is 25.3 Å². The van der Waals surface area contributed by atoms with Gasteiger partial charge in [-0.3, -0.25) is 0 Å². The van der Waals surface area contributed by atoms with Crippen LogP contribution >= 0.6 is 0 Å². The molecule has 3 nitrogen and oxygen atoms in total. The fourth-order valence-corrected chi connectivity index (χ4v) is 2.40. The van der Waals surface area contributed by atoms with E-state index in [1.807, 2.05) is 6.20 Å². The second-order valence-corrected chi connectivity index (χ2v) is 5.30. The molecule has 1 heterocycles. The topological polar surface area (TPSA) is 28.2 Å². The summed E-state index contributed by atoms with van der Waals surface area (Å²) in [6.07, 6.45) is 3.13. The Morgan fingerprint density at radius 2 is 1.90 bits per heavy atom. The summed E-state index contributed by atoms with van der Waals surface area (Å²) < 4.78 is 0. The first-order valence-corrected chi connectivity index (χ1v) is 7.49. The lowest BCUT2D eigenvalue weighted by Crippen LogP contribution is -2.29. The Balaban J connectivity index is 2.48. The van der Waals surface area contributed by atoms with Gasteiger partial charge in [0.2, 0.25) is 0 Å². The van der Waals surface area contributed by atoms with Crippen LogP contribution in [-0.2, 0) is 6.54 Å². The average molecular weight is 271 g/mol. The van der Waals surface area contributed by atoms with E-state index in [-0.39, 0.29) is 0 Å².